The molecular weight excluding hydrogens is 258 g/mol. The first-order valence-electron chi connectivity index (χ1n) is 5.47. The number of hydrogen-bond acceptors (Lipinski definition) is 3. The fraction of sp³-hybridized carbons (Fsp3) is 0.333. The summed E-state index contributed by atoms with van der Waals surface area (Å²) in [5, 5.41) is 18.8. The van der Waals surface area contributed by atoms with Crippen LogP contribution in [0.2, 0.25) is 5.02 Å². The molecule has 0 spiro atoms. The van der Waals surface area contributed by atoms with E-state index in [0.29, 0.717) is 0 Å². The first-order valence-corrected chi connectivity index (χ1v) is 5.85. The molecule has 1 aliphatic rings. The third kappa shape index (κ3) is 2.32. The Labute approximate surface area is 109 Å². The molecule has 1 aliphatic heterocycles. The van der Waals surface area contributed by atoms with Crippen molar-refractivity contribution in [2.24, 2.45) is 0 Å². The highest BCUT2D eigenvalue weighted by Gasteiger charge is 2.39. The number of carbonyl (C=O) groups excluding carboxylic acids is 1. The topological polar surface area (TPSA) is 77.8 Å². The van der Waals surface area contributed by atoms with Crippen molar-refractivity contribution >= 4 is 23.5 Å². The van der Waals surface area contributed by atoms with E-state index in [4.69, 9.17) is 16.7 Å². The Morgan fingerprint density at radius 1 is 1.33 bits per heavy atom. The number of aliphatic hydroxyl groups is 1. The Hall–Kier alpha value is -1.59. The molecule has 1 saturated heterocycles. The molecule has 1 fully saturated rings. The van der Waals surface area contributed by atoms with E-state index in [1.807, 2.05) is 0 Å². The lowest BCUT2D eigenvalue weighted by Gasteiger charge is -2.21. The fourth-order valence-corrected chi connectivity index (χ4v) is 2.28. The molecule has 1 heterocycles. The SMILES string of the molecule is O=C(O)[C@H]1C[C@@H](O)CN1C(=O)c1ccccc1Cl. The largest absolute Gasteiger partial charge is 0.480 e. The Kier molecular flexibility index (Phi) is 3.54. The molecule has 0 saturated carbocycles. The first-order chi connectivity index (χ1) is 8.50. The Balaban J connectivity index is 2.28. The van der Waals surface area contributed by atoms with Crippen LogP contribution in [0.15, 0.2) is 24.3 Å². The third-order valence-corrected chi connectivity index (χ3v) is 3.26. The maximum atomic E-state index is 12.2. The summed E-state index contributed by atoms with van der Waals surface area (Å²) in [5.41, 5.74) is 0.250. The van der Waals surface area contributed by atoms with Gasteiger partial charge in [-0.1, -0.05) is 23.7 Å². The molecular formula is C12H12ClNO4. The van der Waals surface area contributed by atoms with Crippen LogP contribution in [-0.4, -0.2) is 45.7 Å². The predicted molar refractivity (Wildman–Crippen MR) is 64.5 cm³/mol. The van der Waals surface area contributed by atoms with Crippen molar-refractivity contribution in [2.45, 2.75) is 18.6 Å². The highest BCUT2D eigenvalue weighted by Crippen LogP contribution is 2.24. The third-order valence-electron chi connectivity index (χ3n) is 2.93. The lowest BCUT2D eigenvalue weighted by molar-refractivity contribution is -0.141. The lowest BCUT2D eigenvalue weighted by atomic mass is 10.1. The van der Waals surface area contributed by atoms with Crippen molar-refractivity contribution in [3.8, 4) is 0 Å². The highest BCUT2D eigenvalue weighted by molar-refractivity contribution is 6.33. The van der Waals surface area contributed by atoms with Gasteiger partial charge < -0.3 is 15.1 Å². The highest BCUT2D eigenvalue weighted by atomic mass is 35.5. The number of aliphatic carboxylic acids is 1. The number of likely N-dealkylation sites (tertiary alicyclic amines) is 1. The number of benzene rings is 1. The molecule has 1 aromatic rings. The van der Waals surface area contributed by atoms with Crippen LogP contribution in [0, 0.1) is 0 Å². The van der Waals surface area contributed by atoms with Gasteiger partial charge in [0.25, 0.3) is 5.91 Å². The van der Waals surface area contributed by atoms with E-state index >= 15 is 0 Å². The Morgan fingerprint density at radius 3 is 2.61 bits per heavy atom. The molecule has 2 atom stereocenters. The zero-order valence-corrected chi connectivity index (χ0v) is 10.2. The van der Waals surface area contributed by atoms with Gasteiger partial charge in [-0.25, -0.2) is 4.79 Å². The van der Waals surface area contributed by atoms with Crippen molar-refractivity contribution in [1.29, 1.82) is 0 Å². The van der Waals surface area contributed by atoms with E-state index in [0.717, 1.165) is 4.90 Å². The molecule has 2 rings (SSSR count). The van der Waals surface area contributed by atoms with Crippen LogP contribution in [0.1, 0.15) is 16.8 Å². The molecule has 0 unspecified atom stereocenters. The molecule has 6 heteroatoms. The number of aliphatic hydroxyl groups excluding tert-OH is 1. The number of carboxylic acid groups (broad SMARTS) is 1. The molecule has 1 amide bonds. The summed E-state index contributed by atoms with van der Waals surface area (Å²) in [6.45, 7) is 0.0149. The van der Waals surface area contributed by atoms with Crippen LogP contribution in [0.3, 0.4) is 0 Å². The summed E-state index contributed by atoms with van der Waals surface area (Å²) < 4.78 is 0. The summed E-state index contributed by atoms with van der Waals surface area (Å²) in [7, 11) is 0. The van der Waals surface area contributed by atoms with E-state index < -0.39 is 24.0 Å². The maximum absolute atomic E-state index is 12.2. The second-order valence-electron chi connectivity index (χ2n) is 4.18. The molecule has 1 aromatic carbocycles. The summed E-state index contributed by atoms with van der Waals surface area (Å²) in [4.78, 5) is 24.4. The minimum absolute atomic E-state index is 0.0149. The molecule has 2 N–H and O–H groups in total. The summed E-state index contributed by atoms with van der Waals surface area (Å²) in [6, 6.07) is 5.45. The van der Waals surface area contributed by atoms with E-state index in [1.165, 1.54) is 6.07 Å². The van der Waals surface area contributed by atoms with E-state index in [-0.39, 0.29) is 23.6 Å². The van der Waals surface area contributed by atoms with Gasteiger partial charge in [0.15, 0.2) is 0 Å². The molecule has 5 nitrogen and oxygen atoms in total. The standard InChI is InChI=1S/C12H12ClNO4/c13-9-4-2-1-3-8(9)11(16)14-6-7(15)5-10(14)12(17)18/h1-4,7,10,15H,5-6H2,(H,17,18)/t7-,10-/m1/s1. The summed E-state index contributed by atoms with van der Waals surface area (Å²) in [5.74, 6) is -1.59. The van der Waals surface area contributed by atoms with Crippen molar-refractivity contribution < 1.29 is 19.8 Å². The minimum Gasteiger partial charge on any atom is -0.480 e. The van der Waals surface area contributed by atoms with Crippen molar-refractivity contribution in [2.75, 3.05) is 6.54 Å². The zero-order valence-electron chi connectivity index (χ0n) is 9.41. The second kappa shape index (κ2) is 4.96. The van der Waals surface area contributed by atoms with Crippen LogP contribution in [0.4, 0.5) is 0 Å². The van der Waals surface area contributed by atoms with Gasteiger partial charge in [-0.15, -0.1) is 0 Å². The number of rotatable bonds is 2. The first kappa shape index (κ1) is 12.9. The van der Waals surface area contributed by atoms with Gasteiger partial charge in [-0.3, -0.25) is 4.79 Å². The number of nitrogens with zero attached hydrogens (tertiary/aromatic N) is 1. The predicted octanol–water partition coefficient (Wildman–Crippen LogP) is 1.000. The Morgan fingerprint density at radius 2 is 2.00 bits per heavy atom. The minimum atomic E-state index is -1.12. The van der Waals surface area contributed by atoms with E-state index in [2.05, 4.69) is 0 Å². The smallest absolute Gasteiger partial charge is 0.326 e. The van der Waals surface area contributed by atoms with Gasteiger partial charge in [0.1, 0.15) is 6.04 Å². The monoisotopic (exact) mass is 269 g/mol. The molecule has 0 radical (unpaired) electrons. The van der Waals surface area contributed by atoms with Crippen molar-refractivity contribution in [1.82, 2.24) is 4.90 Å². The number of amides is 1. The van der Waals surface area contributed by atoms with Gasteiger partial charge in [0.2, 0.25) is 0 Å². The molecule has 0 aromatic heterocycles. The number of carbonyl (C=O) groups is 2. The van der Waals surface area contributed by atoms with Crippen LogP contribution in [0.25, 0.3) is 0 Å². The zero-order chi connectivity index (χ0) is 13.3. The Bertz CT molecular complexity index is 491. The normalized spacial score (nSPS) is 23.1. The molecule has 0 aliphatic carbocycles. The van der Waals surface area contributed by atoms with E-state index in [9.17, 15) is 14.7 Å². The van der Waals surface area contributed by atoms with Crippen LogP contribution < -0.4 is 0 Å². The van der Waals surface area contributed by atoms with Gasteiger partial charge in [0.05, 0.1) is 16.7 Å². The average Bonchev–Trinajstić information content (AvgIpc) is 2.71. The van der Waals surface area contributed by atoms with Crippen LogP contribution >= 0.6 is 11.6 Å². The van der Waals surface area contributed by atoms with Gasteiger partial charge in [0, 0.05) is 13.0 Å². The van der Waals surface area contributed by atoms with Gasteiger partial charge in [-0.05, 0) is 12.1 Å². The summed E-state index contributed by atoms with van der Waals surface area (Å²) in [6.07, 6.45) is -0.761. The average molecular weight is 270 g/mol. The number of hydrogen-bond donors (Lipinski definition) is 2. The van der Waals surface area contributed by atoms with Gasteiger partial charge >= 0.3 is 5.97 Å². The van der Waals surface area contributed by atoms with Crippen molar-refractivity contribution in [3.63, 3.8) is 0 Å². The summed E-state index contributed by atoms with van der Waals surface area (Å²) >= 11 is 5.90. The second-order valence-corrected chi connectivity index (χ2v) is 4.59. The molecule has 0 bridgehead atoms. The van der Waals surface area contributed by atoms with Crippen LogP contribution in [-0.2, 0) is 4.79 Å². The number of β-amino-alcohol motifs (C(OH)–C–C–N with tert-alkyl or cyclic N) is 1. The van der Waals surface area contributed by atoms with Crippen molar-refractivity contribution in [3.05, 3.63) is 34.9 Å². The fourth-order valence-electron chi connectivity index (χ4n) is 2.06. The lowest BCUT2D eigenvalue weighted by Crippen LogP contribution is -2.40. The molecule has 96 valence electrons. The van der Waals surface area contributed by atoms with Gasteiger partial charge in [-0.2, -0.15) is 0 Å². The van der Waals surface area contributed by atoms with Crippen LogP contribution in [0.5, 0.6) is 0 Å². The number of carboxylic acids is 1. The maximum Gasteiger partial charge on any atom is 0.326 e. The van der Waals surface area contributed by atoms with E-state index in [1.54, 1.807) is 18.2 Å². The quantitative estimate of drug-likeness (QED) is 0.840. The molecule has 18 heavy (non-hydrogen) atoms. The number of halogens is 1.